The Kier molecular flexibility index (Phi) is 5.07. The average molecular weight is 338 g/mol. The molecule has 1 amide bonds. The van der Waals surface area contributed by atoms with Crippen molar-refractivity contribution >= 4 is 23.2 Å². The van der Waals surface area contributed by atoms with Gasteiger partial charge in [-0.15, -0.1) is 0 Å². The van der Waals surface area contributed by atoms with Gasteiger partial charge in [-0.1, -0.05) is 19.1 Å². The first-order chi connectivity index (χ1) is 12.0. The van der Waals surface area contributed by atoms with Crippen molar-refractivity contribution in [3.63, 3.8) is 0 Å². The van der Waals surface area contributed by atoms with E-state index in [4.69, 9.17) is 0 Å². The standard InChI is InChI=1S/C19H22N4O2/c1-13-6-8-23(9-7-13)19(25)17-11-21-18(12-20-17)22-16-5-3-4-15(10-16)14(2)24/h3-5,10-13H,6-9H2,1-2H3,(H,21,22). The minimum atomic E-state index is -0.0653. The van der Waals surface area contributed by atoms with Gasteiger partial charge in [0.25, 0.3) is 5.91 Å². The van der Waals surface area contributed by atoms with Crippen molar-refractivity contribution in [2.45, 2.75) is 26.7 Å². The summed E-state index contributed by atoms with van der Waals surface area (Å²) >= 11 is 0. The summed E-state index contributed by atoms with van der Waals surface area (Å²) in [4.78, 5) is 34.3. The van der Waals surface area contributed by atoms with Crippen LogP contribution in [0.25, 0.3) is 0 Å². The van der Waals surface area contributed by atoms with Crippen LogP contribution >= 0.6 is 0 Å². The normalized spacial score (nSPS) is 15.0. The van der Waals surface area contributed by atoms with Crippen LogP contribution in [0.1, 0.15) is 47.5 Å². The third kappa shape index (κ3) is 4.21. The van der Waals surface area contributed by atoms with Crippen molar-refractivity contribution in [1.29, 1.82) is 0 Å². The summed E-state index contributed by atoms with van der Waals surface area (Å²) in [7, 11) is 0. The number of anilines is 2. The monoisotopic (exact) mass is 338 g/mol. The van der Waals surface area contributed by atoms with Crippen molar-refractivity contribution in [3.8, 4) is 0 Å². The molecule has 1 aliphatic rings. The molecule has 3 rings (SSSR count). The van der Waals surface area contributed by atoms with Gasteiger partial charge in [-0.05, 0) is 37.8 Å². The van der Waals surface area contributed by atoms with Crippen molar-refractivity contribution in [2.24, 2.45) is 5.92 Å². The van der Waals surface area contributed by atoms with Crippen LogP contribution in [0.15, 0.2) is 36.7 Å². The lowest BCUT2D eigenvalue weighted by Crippen LogP contribution is -2.38. The van der Waals surface area contributed by atoms with Crippen LogP contribution in [0.4, 0.5) is 11.5 Å². The zero-order valence-corrected chi connectivity index (χ0v) is 14.5. The minimum absolute atomic E-state index is 0.00605. The number of hydrogen-bond acceptors (Lipinski definition) is 5. The number of piperidine rings is 1. The number of hydrogen-bond donors (Lipinski definition) is 1. The molecule has 0 radical (unpaired) electrons. The van der Waals surface area contributed by atoms with Crippen LogP contribution in [0.3, 0.4) is 0 Å². The van der Waals surface area contributed by atoms with E-state index in [-0.39, 0.29) is 11.7 Å². The van der Waals surface area contributed by atoms with E-state index in [1.165, 1.54) is 13.1 Å². The zero-order chi connectivity index (χ0) is 17.8. The highest BCUT2D eigenvalue weighted by molar-refractivity contribution is 5.95. The number of amides is 1. The molecule has 6 heteroatoms. The molecule has 1 fully saturated rings. The fraction of sp³-hybridized carbons (Fsp3) is 0.368. The minimum Gasteiger partial charge on any atom is -0.339 e. The molecule has 0 saturated carbocycles. The predicted molar refractivity (Wildman–Crippen MR) is 96.1 cm³/mol. The van der Waals surface area contributed by atoms with Crippen LogP contribution < -0.4 is 5.32 Å². The van der Waals surface area contributed by atoms with Crippen LogP contribution in [-0.4, -0.2) is 39.6 Å². The number of benzene rings is 1. The fourth-order valence-electron chi connectivity index (χ4n) is 2.84. The van der Waals surface area contributed by atoms with E-state index in [9.17, 15) is 9.59 Å². The lowest BCUT2D eigenvalue weighted by Gasteiger charge is -2.29. The van der Waals surface area contributed by atoms with Crippen LogP contribution in [-0.2, 0) is 0 Å². The van der Waals surface area contributed by atoms with E-state index < -0.39 is 0 Å². The quantitative estimate of drug-likeness (QED) is 0.866. The van der Waals surface area contributed by atoms with Crippen molar-refractivity contribution in [1.82, 2.24) is 14.9 Å². The number of nitrogens with zero attached hydrogens (tertiary/aromatic N) is 3. The third-order valence-electron chi connectivity index (χ3n) is 4.48. The molecule has 2 heterocycles. The van der Waals surface area contributed by atoms with E-state index >= 15 is 0 Å². The number of nitrogens with one attached hydrogen (secondary N) is 1. The molecule has 1 aromatic carbocycles. The molecule has 6 nitrogen and oxygen atoms in total. The van der Waals surface area contributed by atoms with Gasteiger partial charge < -0.3 is 10.2 Å². The predicted octanol–water partition coefficient (Wildman–Crippen LogP) is 3.29. The summed E-state index contributed by atoms with van der Waals surface area (Å²) in [6.07, 6.45) is 5.11. The number of aromatic nitrogens is 2. The van der Waals surface area contributed by atoms with E-state index in [1.54, 1.807) is 18.3 Å². The molecule has 1 aromatic heterocycles. The Hall–Kier alpha value is -2.76. The summed E-state index contributed by atoms with van der Waals surface area (Å²) < 4.78 is 0. The Morgan fingerprint density at radius 1 is 1.16 bits per heavy atom. The maximum Gasteiger partial charge on any atom is 0.274 e. The fourth-order valence-corrected chi connectivity index (χ4v) is 2.84. The molecule has 1 aliphatic heterocycles. The highest BCUT2D eigenvalue weighted by Gasteiger charge is 2.22. The maximum atomic E-state index is 12.5. The van der Waals surface area contributed by atoms with Gasteiger partial charge >= 0.3 is 0 Å². The Morgan fingerprint density at radius 3 is 2.56 bits per heavy atom. The number of carbonyl (C=O) groups is 2. The smallest absolute Gasteiger partial charge is 0.274 e. The maximum absolute atomic E-state index is 12.5. The van der Waals surface area contributed by atoms with Crippen LogP contribution in [0.2, 0.25) is 0 Å². The number of rotatable bonds is 4. The number of Topliss-reactive ketones (excluding diaryl/α,β-unsaturated/α-hetero) is 1. The molecule has 2 aromatic rings. The van der Waals surface area contributed by atoms with Crippen molar-refractivity contribution < 1.29 is 9.59 Å². The second kappa shape index (κ2) is 7.42. The van der Waals surface area contributed by atoms with E-state index in [2.05, 4.69) is 22.2 Å². The zero-order valence-electron chi connectivity index (χ0n) is 14.5. The molecule has 1 N–H and O–H groups in total. The van der Waals surface area contributed by atoms with Gasteiger partial charge in [0.1, 0.15) is 11.5 Å². The summed E-state index contributed by atoms with van der Waals surface area (Å²) in [5.74, 6) is 1.15. The molecule has 0 aliphatic carbocycles. The van der Waals surface area contributed by atoms with Crippen LogP contribution in [0.5, 0.6) is 0 Å². The summed E-state index contributed by atoms with van der Waals surface area (Å²) in [6.45, 7) is 5.29. The first-order valence-corrected chi connectivity index (χ1v) is 8.52. The van der Waals surface area contributed by atoms with Crippen LogP contribution in [0, 0.1) is 5.92 Å². The SMILES string of the molecule is CC(=O)c1cccc(Nc2cnc(C(=O)N3CCC(C)CC3)cn2)c1. The molecular formula is C19H22N4O2. The van der Waals surface area contributed by atoms with Gasteiger partial charge in [0.05, 0.1) is 12.4 Å². The molecule has 0 spiro atoms. The third-order valence-corrected chi connectivity index (χ3v) is 4.48. The molecule has 0 bridgehead atoms. The van der Waals surface area contributed by atoms with Gasteiger partial charge in [0.2, 0.25) is 0 Å². The highest BCUT2D eigenvalue weighted by Crippen LogP contribution is 2.19. The first kappa shape index (κ1) is 17.1. The van der Waals surface area contributed by atoms with Crippen molar-refractivity contribution in [3.05, 3.63) is 47.9 Å². The summed E-state index contributed by atoms with van der Waals surface area (Å²) in [5, 5.41) is 3.10. The van der Waals surface area contributed by atoms with Crippen molar-refractivity contribution in [2.75, 3.05) is 18.4 Å². The Balaban J connectivity index is 1.67. The van der Waals surface area contributed by atoms with E-state index in [0.717, 1.165) is 31.6 Å². The second-order valence-corrected chi connectivity index (χ2v) is 6.52. The van der Waals surface area contributed by atoms with Gasteiger partial charge in [-0.2, -0.15) is 0 Å². The number of carbonyl (C=O) groups excluding carboxylic acids is 2. The summed E-state index contributed by atoms with van der Waals surface area (Å²) in [6, 6.07) is 7.18. The lowest BCUT2D eigenvalue weighted by molar-refractivity contribution is 0.0690. The van der Waals surface area contributed by atoms with Gasteiger partial charge in [-0.3, -0.25) is 9.59 Å². The largest absolute Gasteiger partial charge is 0.339 e. The van der Waals surface area contributed by atoms with E-state index in [0.29, 0.717) is 23.0 Å². The molecular weight excluding hydrogens is 316 g/mol. The molecule has 0 atom stereocenters. The Bertz CT molecular complexity index is 765. The molecule has 1 saturated heterocycles. The van der Waals surface area contributed by atoms with E-state index in [1.807, 2.05) is 17.0 Å². The van der Waals surface area contributed by atoms with Gasteiger partial charge in [-0.25, -0.2) is 9.97 Å². The topological polar surface area (TPSA) is 75.2 Å². The second-order valence-electron chi connectivity index (χ2n) is 6.52. The number of likely N-dealkylation sites (tertiary alicyclic amines) is 1. The lowest BCUT2D eigenvalue weighted by atomic mass is 9.99. The molecule has 0 unspecified atom stereocenters. The number of ketones is 1. The average Bonchev–Trinajstić information content (AvgIpc) is 2.63. The van der Waals surface area contributed by atoms with Gasteiger partial charge in [0.15, 0.2) is 5.78 Å². The summed E-state index contributed by atoms with van der Waals surface area (Å²) in [5.41, 5.74) is 1.74. The highest BCUT2D eigenvalue weighted by atomic mass is 16.2. The molecule has 130 valence electrons. The molecule has 25 heavy (non-hydrogen) atoms. The Morgan fingerprint density at radius 2 is 1.92 bits per heavy atom. The Labute approximate surface area is 147 Å². The first-order valence-electron chi connectivity index (χ1n) is 8.52. The van der Waals surface area contributed by atoms with Gasteiger partial charge in [0, 0.05) is 24.3 Å².